The molecule has 0 aliphatic rings. The molecule has 0 unspecified atom stereocenters. The summed E-state index contributed by atoms with van der Waals surface area (Å²) in [6.45, 7) is 0. The number of ether oxygens (including phenoxy) is 1. The first kappa shape index (κ1) is 16.4. The first-order chi connectivity index (χ1) is 11.4. The highest BCUT2D eigenvalue weighted by Crippen LogP contribution is 2.33. The zero-order chi connectivity index (χ0) is 17.4. The molecule has 1 amide bonds. The van der Waals surface area contributed by atoms with E-state index in [1.165, 1.54) is 30.0 Å². The molecule has 0 saturated carbocycles. The van der Waals surface area contributed by atoms with Crippen LogP contribution < -0.4 is 10.5 Å². The van der Waals surface area contributed by atoms with Gasteiger partial charge in [0.2, 0.25) is 0 Å². The molecule has 122 valence electrons. The summed E-state index contributed by atoms with van der Waals surface area (Å²) in [6.07, 6.45) is 1.41. The molecule has 3 rings (SSSR count). The van der Waals surface area contributed by atoms with Crippen molar-refractivity contribution in [3.63, 3.8) is 0 Å². The summed E-state index contributed by atoms with van der Waals surface area (Å²) in [7, 11) is 1.41. The molecule has 2 N–H and O–H groups in total. The molecule has 0 aliphatic heterocycles. The second kappa shape index (κ2) is 6.19. The number of carbonyl (C=O) groups excluding carboxylic acids is 2. The molecule has 3 aromatic rings. The van der Waals surface area contributed by atoms with Crippen LogP contribution in [0, 0.1) is 0 Å². The highest BCUT2D eigenvalue weighted by molar-refractivity contribution is 6.36. The van der Waals surface area contributed by atoms with Gasteiger partial charge in [0.15, 0.2) is 0 Å². The van der Waals surface area contributed by atoms with Crippen molar-refractivity contribution in [3.8, 4) is 5.75 Å². The van der Waals surface area contributed by atoms with Gasteiger partial charge in [0.25, 0.3) is 11.8 Å². The number of methoxy groups -OCH3 is 1. The van der Waals surface area contributed by atoms with E-state index in [1.807, 2.05) is 0 Å². The van der Waals surface area contributed by atoms with Crippen molar-refractivity contribution in [2.75, 3.05) is 7.11 Å². The number of halogens is 2. The summed E-state index contributed by atoms with van der Waals surface area (Å²) in [5.74, 6) is -0.835. The maximum atomic E-state index is 13.0. The molecule has 0 atom stereocenters. The predicted molar refractivity (Wildman–Crippen MR) is 93.2 cm³/mol. The summed E-state index contributed by atoms with van der Waals surface area (Å²) in [4.78, 5) is 24.6. The summed E-state index contributed by atoms with van der Waals surface area (Å²) < 4.78 is 6.56. The third kappa shape index (κ3) is 2.62. The van der Waals surface area contributed by atoms with Crippen LogP contribution in [-0.2, 0) is 0 Å². The van der Waals surface area contributed by atoms with Crippen LogP contribution in [0.15, 0.2) is 42.6 Å². The number of hydrogen-bond acceptors (Lipinski definition) is 3. The van der Waals surface area contributed by atoms with E-state index in [9.17, 15) is 9.59 Å². The van der Waals surface area contributed by atoms with E-state index in [2.05, 4.69) is 0 Å². The standard InChI is InChI=1S/C17H12Cl2N2O3/c1-24-15-11(6-9(18)7-13(15)19)17(23)21-8-12(16(20)22)10-4-2-3-5-14(10)21/h2-8H,1H3,(H2,20,22). The van der Waals surface area contributed by atoms with Gasteiger partial charge in [-0.2, -0.15) is 0 Å². The van der Waals surface area contributed by atoms with E-state index in [-0.39, 0.29) is 21.9 Å². The summed E-state index contributed by atoms with van der Waals surface area (Å²) in [5.41, 5.74) is 6.40. The Morgan fingerprint density at radius 1 is 1.12 bits per heavy atom. The molecule has 1 heterocycles. The lowest BCUT2D eigenvalue weighted by molar-refractivity contribution is 0.0962. The third-order valence-corrected chi connectivity index (χ3v) is 4.14. The van der Waals surface area contributed by atoms with Gasteiger partial charge in [-0.1, -0.05) is 41.4 Å². The number of rotatable bonds is 3. The quantitative estimate of drug-likeness (QED) is 0.770. The zero-order valence-corrected chi connectivity index (χ0v) is 14.1. The molecule has 5 nitrogen and oxygen atoms in total. The van der Waals surface area contributed by atoms with Gasteiger partial charge in [0, 0.05) is 16.6 Å². The molecular weight excluding hydrogens is 351 g/mol. The van der Waals surface area contributed by atoms with Gasteiger partial charge in [-0.15, -0.1) is 0 Å². The van der Waals surface area contributed by atoms with Crippen molar-refractivity contribution in [1.29, 1.82) is 0 Å². The van der Waals surface area contributed by atoms with Crippen LogP contribution in [0.5, 0.6) is 5.75 Å². The lowest BCUT2D eigenvalue weighted by Crippen LogP contribution is -2.14. The number of carbonyl (C=O) groups is 2. The van der Waals surface area contributed by atoms with Gasteiger partial charge >= 0.3 is 0 Å². The number of fused-ring (bicyclic) bond motifs is 1. The third-order valence-electron chi connectivity index (χ3n) is 3.64. The number of hydrogen-bond donors (Lipinski definition) is 1. The molecule has 0 spiro atoms. The van der Waals surface area contributed by atoms with Gasteiger partial charge < -0.3 is 10.5 Å². The Bertz CT molecular complexity index is 979. The monoisotopic (exact) mass is 362 g/mol. The van der Waals surface area contributed by atoms with E-state index in [0.717, 1.165) is 0 Å². The molecule has 24 heavy (non-hydrogen) atoms. The van der Waals surface area contributed by atoms with Crippen LogP contribution in [-0.4, -0.2) is 23.5 Å². The molecular formula is C17H12Cl2N2O3. The fourth-order valence-electron chi connectivity index (χ4n) is 2.60. The lowest BCUT2D eigenvalue weighted by atomic mass is 10.1. The minimum atomic E-state index is -0.617. The molecule has 0 fully saturated rings. The van der Waals surface area contributed by atoms with Crippen LogP contribution in [0.2, 0.25) is 10.0 Å². The molecule has 0 bridgehead atoms. The minimum Gasteiger partial charge on any atom is -0.494 e. The van der Waals surface area contributed by atoms with Crippen molar-refractivity contribution in [2.24, 2.45) is 5.73 Å². The summed E-state index contributed by atoms with van der Waals surface area (Å²) in [5, 5.41) is 1.11. The Balaban J connectivity index is 2.26. The van der Waals surface area contributed by atoms with Gasteiger partial charge in [0.1, 0.15) is 5.75 Å². The predicted octanol–water partition coefficient (Wildman–Crippen LogP) is 3.74. The number of aromatic nitrogens is 1. The van der Waals surface area contributed by atoms with Crippen molar-refractivity contribution < 1.29 is 14.3 Å². The van der Waals surface area contributed by atoms with E-state index < -0.39 is 11.8 Å². The van der Waals surface area contributed by atoms with Crippen LogP contribution in [0.4, 0.5) is 0 Å². The second-order valence-electron chi connectivity index (χ2n) is 5.07. The zero-order valence-electron chi connectivity index (χ0n) is 12.5. The number of benzene rings is 2. The molecule has 0 saturated heterocycles. The van der Waals surface area contributed by atoms with Crippen molar-refractivity contribution in [3.05, 3.63) is 63.8 Å². The van der Waals surface area contributed by atoms with Gasteiger partial charge in [0.05, 0.1) is 28.8 Å². The number of amides is 1. The molecule has 2 aromatic carbocycles. The number of nitrogens with two attached hydrogens (primary N) is 1. The Morgan fingerprint density at radius 3 is 2.50 bits per heavy atom. The van der Waals surface area contributed by atoms with Gasteiger partial charge in [-0.05, 0) is 18.2 Å². The first-order valence-corrected chi connectivity index (χ1v) is 7.67. The van der Waals surface area contributed by atoms with Crippen molar-refractivity contribution >= 4 is 45.9 Å². The Labute approximate surface area is 147 Å². The first-order valence-electron chi connectivity index (χ1n) is 6.91. The summed E-state index contributed by atoms with van der Waals surface area (Å²) in [6, 6.07) is 9.92. The van der Waals surface area contributed by atoms with Crippen LogP contribution in [0.3, 0.4) is 0 Å². The van der Waals surface area contributed by atoms with Gasteiger partial charge in [-0.25, -0.2) is 0 Å². The highest BCUT2D eigenvalue weighted by Gasteiger charge is 2.22. The average Bonchev–Trinajstić information content (AvgIpc) is 2.93. The molecule has 0 aliphatic carbocycles. The van der Waals surface area contributed by atoms with E-state index in [4.69, 9.17) is 33.7 Å². The Hall–Kier alpha value is -2.50. The fourth-order valence-corrected chi connectivity index (χ4v) is 3.17. The van der Waals surface area contributed by atoms with Crippen LogP contribution in [0.1, 0.15) is 20.7 Å². The number of nitrogens with zero attached hydrogens (tertiary/aromatic N) is 1. The summed E-state index contributed by atoms with van der Waals surface area (Å²) >= 11 is 12.1. The maximum Gasteiger partial charge on any atom is 0.266 e. The molecule has 0 radical (unpaired) electrons. The van der Waals surface area contributed by atoms with Crippen molar-refractivity contribution in [2.45, 2.75) is 0 Å². The smallest absolute Gasteiger partial charge is 0.266 e. The second-order valence-corrected chi connectivity index (χ2v) is 5.91. The van der Waals surface area contributed by atoms with E-state index in [1.54, 1.807) is 24.3 Å². The lowest BCUT2D eigenvalue weighted by Gasteiger charge is -2.11. The van der Waals surface area contributed by atoms with Crippen molar-refractivity contribution in [1.82, 2.24) is 4.57 Å². The number of para-hydroxylation sites is 1. The minimum absolute atomic E-state index is 0.187. The van der Waals surface area contributed by atoms with Crippen LogP contribution >= 0.6 is 23.2 Å². The highest BCUT2D eigenvalue weighted by atomic mass is 35.5. The Kier molecular flexibility index (Phi) is 4.22. The largest absolute Gasteiger partial charge is 0.494 e. The van der Waals surface area contributed by atoms with Crippen LogP contribution in [0.25, 0.3) is 10.9 Å². The molecule has 7 heteroatoms. The topological polar surface area (TPSA) is 74.3 Å². The SMILES string of the molecule is COc1c(Cl)cc(Cl)cc1C(=O)n1cc(C(N)=O)c2ccccc21. The van der Waals surface area contributed by atoms with Gasteiger partial charge in [-0.3, -0.25) is 14.2 Å². The Morgan fingerprint density at radius 2 is 1.83 bits per heavy atom. The van der Waals surface area contributed by atoms with E-state index in [0.29, 0.717) is 15.9 Å². The fraction of sp³-hybridized carbons (Fsp3) is 0.0588. The normalized spacial score (nSPS) is 10.8. The molecule has 1 aromatic heterocycles. The maximum absolute atomic E-state index is 13.0. The number of primary amides is 1. The average molecular weight is 363 g/mol. The van der Waals surface area contributed by atoms with E-state index >= 15 is 0 Å².